The van der Waals surface area contributed by atoms with Gasteiger partial charge in [-0.3, -0.25) is 9.69 Å². The number of carbonyl (C=O) groups excluding carboxylic acids is 1. The van der Waals surface area contributed by atoms with Crippen LogP contribution in [-0.4, -0.2) is 18.0 Å². The van der Waals surface area contributed by atoms with Gasteiger partial charge in [0.1, 0.15) is 17.3 Å². The number of rotatable bonds is 5. The van der Waals surface area contributed by atoms with Gasteiger partial charge in [0.05, 0.1) is 23.0 Å². The van der Waals surface area contributed by atoms with Gasteiger partial charge in [0.15, 0.2) is 5.13 Å². The third-order valence-electron chi connectivity index (χ3n) is 4.16. The Labute approximate surface area is 166 Å². The summed E-state index contributed by atoms with van der Waals surface area (Å²) >= 11 is 1.46. The first-order chi connectivity index (χ1) is 13.6. The summed E-state index contributed by atoms with van der Waals surface area (Å²) in [5.41, 5.74) is 1.54. The van der Waals surface area contributed by atoms with Crippen LogP contribution in [0.25, 0.3) is 16.3 Å². The van der Waals surface area contributed by atoms with Crippen LogP contribution in [0.15, 0.2) is 71.2 Å². The molecule has 0 radical (unpaired) electrons. The number of amides is 1. The van der Waals surface area contributed by atoms with Crippen molar-refractivity contribution < 1.29 is 13.9 Å². The molecular weight excluding hydrogens is 372 g/mol. The van der Waals surface area contributed by atoms with Gasteiger partial charge in [-0.25, -0.2) is 4.98 Å². The SMILES string of the molecule is COc1cccc(N(C(=O)/C=C\c2ccc(C)o2)c2nc3ccccc3s2)c1. The highest BCUT2D eigenvalue weighted by Gasteiger charge is 2.20. The van der Waals surface area contributed by atoms with E-state index in [4.69, 9.17) is 9.15 Å². The Morgan fingerprint density at radius 2 is 2.00 bits per heavy atom. The Bertz CT molecular complexity index is 1130. The van der Waals surface area contributed by atoms with Crippen LogP contribution in [0.4, 0.5) is 10.8 Å². The highest BCUT2D eigenvalue weighted by molar-refractivity contribution is 7.22. The van der Waals surface area contributed by atoms with E-state index in [9.17, 15) is 4.79 Å². The topological polar surface area (TPSA) is 55.6 Å². The van der Waals surface area contributed by atoms with Crippen molar-refractivity contribution in [1.82, 2.24) is 4.98 Å². The maximum atomic E-state index is 13.1. The normalized spacial score (nSPS) is 11.2. The van der Waals surface area contributed by atoms with Crippen LogP contribution in [0.5, 0.6) is 5.75 Å². The first-order valence-corrected chi connectivity index (χ1v) is 9.54. The second-order valence-electron chi connectivity index (χ2n) is 6.12. The highest BCUT2D eigenvalue weighted by Crippen LogP contribution is 2.35. The standard InChI is InChI=1S/C22H18N2O3S/c1-15-10-11-17(27-15)12-13-21(25)24(16-6-5-7-18(14-16)26-2)22-23-19-8-3-4-9-20(19)28-22/h3-14H,1-2H3/b13-12-. The molecule has 0 saturated heterocycles. The Morgan fingerprint density at radius 3 is 2.75 bits per heavy atom. The molecule has 0 aliphatic carbocycles. The molecule has 2 aromatic heterocycles. The molecule has 0 unspecified atom stereocenters. The summed E-state index contributed by atoms with van der Waals surface area (Å²) < 4.78 is 11.9. The van der Waals surface area contributed by atoms with Crippen LogP contribution in [-0.2, 0) is 4.79 Å². The van der Waals surface area contributed by atoms with Crippen molar-refractivity contribution >= 4 is 44.4 Å². The number of fused-ring (bicyclic) bond motifs is 1. The molecule has 6 heteroatoms. The van der Waals surface area contributed by atoms with Gasteiger partial charge in [-0.15, -0.1) is 0 Å². The number of benzene rings is 2. The number of thiazole rings is 1. The lowest BCUT2D eigenvalue weighted by Gasteiger charge is -2.18. The summed E-state index contributed by atoms with van der Waals surface area (Å²) in [6, 6.07) is 18.9. The molecule has 0 spiro atoms. The molecule has 140 valence electrons. The number of furan rings is 1. The van der Waals surface area contributed by atoms with Gasteiger partial charge >= 0.3 is 0 Å². The Morgan fingerprint density at radius 1 is 1.14 bits per heavy atom. The number of nitrogens with zero attached hydrogens (tertiary/aromatic N) is 2. The van der Waals surface area contributed by atoms with Gasteiger partial charge in [0, 0.05) is 12.1 Å². The fourth-order valence-corrected chi connectivity index (χ4v) is 3.80. The smallest absolute Gasteiger partial charge is 0.257 e. The fourth-order valence-electron chi connectivity index (χ4n) is 2.81. The molecule has 4 rings (SSSR count). The van der Waals surface area contributed by atoms with E-state index >= 15 is 0 Å². The first kappa shape index (κ1) is 18.0. The average molecular weight is 390 g/mol. The number of anilines is 2. The van der Waals surface area contributed by atoms with Crippen molar-refractivity contribution in [3.8, 4) is 5.75 Å². The Balaban J connectivity index is 1.76. The number of para-hydroxylation sites is 1. The number of carbonyl (C=O) groups is 1. The molecule has 4 aromatic rings. The molecule has 1 amide bonds. The molecule has 2 heterocycles. The molecule has 0 atom stereocenters. The van der Waals surface area contributed by atoms with Crippen molar-refractivity contribution in [2.45, 2.75) is 6.92 Å². The maximum Gasteiger partial charge on any atom is 0.257 e. The number of aromatic nitrogens is 1. The van der Waals surface area contributed by atoms with Crippen molar-refractivity contribution in [3.05, 3.63) is 78.3 Å². The van der Waals surface area contributed by atoms with Crippen LogP contribution in [0.3, 0.4) is 0 Å². The van der Waals surface area contributed by atoms with E-state index in [1.807, 2.05) is 67.6 Å². The third-order valence-corrected chi connectivity index (χ3v) is 5.18. The van der Waals surface area contributed by atoms with E-state index in [2.05, 4.69) is 4.98 Å². The largest absolute Gasteiger partial charge is 0.497 e. The van der Waals surface area contributed by atoms with Crippen molar-refractivity contribution in [2.75, 3.05) is 12.0 Å². The van der Waals surface area contributed by atoms with E-state index < -0.39 is 0 Å². The predicted molar refractivity (Wildman–Crippen MR) is 112 cm³/mol. The molecular formula is C22H18N2O3S. The van der Waals surface area contributed by atoms with Crippen LogP contribution in [0.1, 0.15) is 11.5 Å². The molecule has 0 aliphatic heterocycles. The van der Waals surface area contributed by atoms with Gasteiger partial charge in [-0.1, -0.05) is 29.5 Å². The molecule has 0 aliphatic rings. The number of hydrogen-bond acceptors (Lipinski definition) is 5. The first-order valence-electron chi connectivity index (χ1n) is 8.72. The van der Waals surface area contributed by atoms with Crippen LogP contribution < -0.4 is 9.64 Å². The molecule has 0 bridgehead atoms. The lowest BCUT2D eigenvalue weighted by atomic mass is 10.2. The second-order valence-corrected chi connectivity index (χ2v) is 7.13. The van der Waals surface area contributed by atoms with Gasteiger partial charge in [0.25, 0.3) is 5.91 Å². The van der Waals surface area contributed by atoms with Crippen molar-refractivity contribution in [3.63, 3.8) is 0 Å². The minimum absolute atomic E-state index is 0.221. The third kappa shape index (κ3) is 3.68. The minimum atomic E-state index is -0.221. The van der Waals surface area contributed by atoms with Crippen LogP contribution in [0, 0.1) is 6.92 Å². The molecule has 0 fully saturated rings. The van der Waals surface area contributed by atoms with Gasteiger partial charge < -0.3 is 9.15 Å². The summed E-state index contributed by atoms with van der Waals surface area (Å²) in [5, 5.41) is 0.597. The number of ether oxygens (including phenoxy) is 1. The summed E-state index contributed by atoms with van der Waals surface area (Å²) in [4.78, 5) is 19.4. The molecule has 0 saturated carbocycles. The minimum Gasteiger partial charge on any atom is -0.497 e. The van der Waals surface area contributed by atoms with Crippen LogP contribution in [0.2, 0.25) is 0 Å². The second kappa shape index (κ2) is 7.70. The fraction of sp³-hybridized carbons (Fsp3) is 0.0909. The zero-order valence-corrected chi connectivity index (χ0v) is 16.3. The molecule has 28 heavy (non-hydrogen) atoms. The van der Waals surface area contributed by atoms with E-state index in [-0.39, 0.29) is 5.91 Å². The van der Waals surface area contributed by atoms with E-state index in [1.165, 1.54) is 17.4 Å². The Hall–Kier alpha value is -3.38. The van der Waals surface area contributed by atoms with E-state index in [1.54, 1.807) is 18.1 Å². The number of methoxy groups -OCH3 is 1. The van der Waals surface area contributed by atoms with E-state index in [0.29, 0.717) is 22.3 Å². The zero-order valence-electron chi connectivity index (χ0n) is 15.5. The predicted octanol–water partition coefficient (Wildman–Crippen LogP) is 5.58. The van der Waals surface area contributed by atoms with Gasteiger partial charge in [-0.05, 0) is 49.4 Å². The quantitative estimate of drug-likeness (QED) is 0.417. The van der Waals surface area contributed by atoms with Crippen molar-refractivity contribution in [1.29, 1.82) is 0 Å². The number of aryl methyl sites for hydroxylation is 1. The zero-order chi connectivity index (χ0) is 19.5. The van der Waals surface area contributed by atoms with Gasteiger partial charge in [-0.2, -0.15) is 0 Å². The summed E-state index contributed by atoms with van der Waals surface area (Å²) in [6.07, 6.45) is 3.15. The molecule has 0 N–H and O–H groups in total. The lowest BCUT2D eigenvalue weighted by Crippen LogP contribution is -2.23. The molecule has 5 nitrogen and oxygen atoms in total. The van der Waals surface area contributed by atoms with Crippen LogP contribution >= 0.6 is 11.3 Å². The summed E-state index contributed by atoms with van der Waals surface area (Å²) in [7, 11) is 1.60. The Kier molecular flexibility index (Phi) is 4.95. The summed E-state index contributed by atoms with van der Waals surface area (Å²) in [6.45, 7) is 1.86. The maximum absolute atomic E-state index is 13.1. The summed E-state index contributed by atoms with van der Waals surface area (Å²) in [5.74, 6) is 1.87. The average Bonchev–Trinajstić information content (AvgIpc) is 3.32. The molecule has 2 aromatic carbocycles. The highest BCUT2D eigenvalue weighted by atomic mass is 32.1. The van der Waals surface area contributed by atoms with E-state index in [0.717, 1.165) is 16.0 Å². The lowest BCUT2D eigenvalue weighted by molar-refractivity contribution is -0.113. The van der Waals surface area contributed by atoms with Crippen molar-refractivity contribution in [2.24, 2.45) is 0 Å². The number of hydrogen-bond donors (Lipinski definition) is 0. The monoisotopic (exact) mass is 390 g/mol. The van der Waals surface area contributed by atoms with Gasteiger partial charge in [0.2, 0.25) is 0 Å².